The first-order chi connectivity index (χ1) is 14.2. The summed E-state index contributed by atoms with van der Waals surface area (Å²) >= 11 is 3.40. The van der Waals surface area contributed by atoms with Crippen molar-refractivity contribution in [3.63, 3.8) is 0 Å². The van der Waals surface area contributed by atoms with Crippen molar-refractivity contribution in [2.45, 2.75) is 13.2 Å². The van der Waals surface area contributed by atoms with Crippen molar-refractivity contribution >= 4 is 27.7 Å². The standard InChI is InChI=1S/C21H17BrN4O3/c22-16-2-1-3-17(12-16)28-14-18-4-5-19(29-18)21(27)24-20-8-11-26(25-20)13-15-6-9-23-10-7-15/h1-12H,13-14H2,(H,24,25,27). The first kappa shape index (κ1) is 18.9. The van der Waals surface area contributed by atoms with Crippen LogP contribution in [0.4, 0.5) is 5.82 Å². The quantitative estimate of drug-likeness (QED) is 0.445. The highest BCUT2D eigenvalue weighted by molar-refractivity contribution is 9.10. The van der Waals surface area contributed by atoms with Gasteiger partial charge in [-0.15, -0.1) is 0 Å². The Morgan fingerprint density at radius 2 is 2.00 bits per heavy atom. The Balaban J connectivity index is 1.33. The maximum Gasteiger partial charge on any atom is 0.292 e. The summed E-state index contributed by atoms with van der Waals surface area (Å²) < 4.78 is 13.9. The molecule has 0 bridgehead atoms. The zero-order valence-electron chi connectivity index (χ0n) is 15.3. The number of benzene rings is 1. The van der Waals surface area contributed by atoms with Gasteiger partial charge in [0.25, 0.3) is 5.91 Å². The molecule has 8 heteroatoms. The Hall–Kier alpha value is -3.39. The van der Waals surface area contributed by atoms with E-state index >= 15 is 0 Å². The molecule has 0 radical (unpaired) electrons. The number of halogens is 1. The number of furan rings is 1. The maximum absolute atomic E-state index is 12.4. The van der Waals surface area contributed by atoms with Crippen LogP contribution in [-0.4, -0.2) is 20.7 Å². The molecule has 7 nitrogen and oxygen atoms in total. The molecule has 0 unspecified atom stereocenters. The molecule has 0 atom stereocenters. The van der Waals surface area contributed by atoms with Crippen LogP contribution in [0.25, 0.3) is 0 Å². The van der Waals surface area contributed by atoms with E-state index in [1.165, 1.54) is 0 Å². The van der Waals surface area contributed by atoms with Crippen molar-refractivity contribution in [3.05, 3.63) is 94.7 Å². The van der Waals surface area contributed by atoms with Crippen LogP contribution in [0.5, 0.6) is 5.75 Å². The fraction of sp³-hybridized carbons (Fsp3) is 0.0952. The molecule has 0 aliphatic carbocycles. The molecule has 146 valence electrons. The minimum Gasteiger partial charge on any atom is -0.486 e. The van der Waals surface area contributed by atoms with Gasteiger partial charge in [-0.05, 0) is 48.0 Å². The van der Waals surface area contributed by atoms with E-state index in [1.807, 2.05) is 36.4 Å². The van der Waals surface area contributed by atoms with Crippen molar-refractivity contribution in [2.24, 2.45) is 0 Å². The summed E-state index contributed by atoms with van der Waals surface area (Å²) in [5.41, 5.74) is 1.07. The van der Waals surface area contributed by atoms with Gasteiger partial charge < -0.3 is 14.5 Å². The normalized spacial score (nSPS) is 10.7. The van der Waals surface area contributed by atoms with Gasteiger partial charge in [-0.25, -0.2) is 0 Å². The van der Waals surface area contributed by atoms with Crippen LogP contribution < -0.4 is 10.1 Å². The fourth-order valence-corrected chi connectivity index (χ4v) is 3.04. The summed E-state index contributed by atoms with van der Waals surface area (Å²) in [7, 11) is 0. The summed E-state index contributed by atoms with van der Waals surface area (Å²) in [6, 6.07) is 16.4. The predicted octanol–water partition coefficient (Wildman–Crippen LogP) is 4.51. The number of rotatable bonds is 7. The predicted molar refractivity (Wildman–Crippen MR) is 111 cm³/mol. The molecule has 0 spiro atoms. The Kier molecular flexibility index (Phi) is 5.71. The third-order valence-electron chi connectivity index (χ3n) is 4.04. The third kappa shape index (κ3) is 5.11. The number of nitrogens with one attached hydrogen (secondary N) is 1. The Labute approximate surface area is 175 Å². The molecular weight excluding hydrogens is 436 g/mol. The molecule has 1 aromatic carbocycles. The van der Waals surface area contributed by atoms with Crippen LogP contribution in [0.3, 0.4) is 0 Å². The van der Waals surface area contributed by atoms with Crippen molar-refractivity contribution in [1.82, 2.24) is 14.8 Å². The second kappa shape index (κ2) is 8.74. The molecule has 4 rings (SSSR count). The number of hydrogen-bond acceptors (Lipinski definition) is 5. The summed E-state index contributed by atoms with van der Waals surface area (Å²) in [4.78, 5) is 16.4. The highest BCUT2D eigenvalue weighted by Gasteiger charge is 2.13. The van der Waals surface area contributed by atoms with Crippen molar-refractivity contribution < 1.29 is 13.9 Å². The number of carbonyl (C=O) groups is 1. The lowest BCUT2D eigenvalue weighted by Gasteiger charge is -2.04. The van der Waals surface area contributed by atoms with Crippen LogP contribution in [0.1, 0.15) is 21.9 Å². The van der Waals surface area contributed by atoms with E-state index in [-0.39, 0.29) is 18.3 Å². The number of aromatic nitrogens is 3. The molecule has 0 aliphatic rings. The molecule has 3 aromatic heterocycles. The zero-order valence-corrected chi connectivity index (χ0v) is 16.9. The SMILES string of the molecule is O=C(Nc1ccn(Cc2ccncc2)n1)c1ccc(COc2cccc(Br)c2)o1. The Morgan fingerprint density at radius 3 is 2.83 bits per heavy atom. The van der Waals surface area contributed by atoms with E-state index in [0.29, 0.717) is 23.9 Å². The van der Waals surface area contributed by atoms with Crippen molar-refractivity contribution in [3.8, 4) is 5.75 Å². The number of ether oxygens (including phenoxy) is 1. The van der Waals surface area contributed by atoms with Crippen LogP contribution in [0.2, 0.25) is 0 Å². The second-order valence-corrected chi connectivity index (χ2v) is 7.14. The molecule has 0 saturated carbocycles. The van der Waals surface area contributed by atoms with Gasteiger partial charge in [-0.1, -0.05) is 22.0 Å². The number of carbonyl (C=O) groups excluding carboxylic acids is 1. The highest BCUT2D eigenvalue weighted by Crippen LogP contribution is 2.20. The van der Waals surface area contributed by atoms with Crippen molar-refractivity contribution in [1.29, 1.82) is 0 Å². The van der Waals surface area contributed by atoms with Gasteiger partial charge in [0.15, 0.2) is 11.6 Å². The van der Waals surface area contributed by atoms with Gasteiger partial charge in [0, 0.05) is 29.1 Å². The average molecular weight is 453 g/mol. The van der Waals surface area contributed by atoms with Gasteiger partial charge in [0.05, 0.1) is 6.54 Å². The van der Waals surface area contributed by atoms with E-state index in [1.54, 1.807) is 41.5 Å². The summed E-state index contributed by atoms with van der Waals surface area (Å²) in [5.74, 6) is 1.54. The smallest absolute Gasteiger partial charge is 0.292 e. The molecule has 1 amide bonds. The van der Waals surface area contributed by atoms with Gasteiger partial charge in [-0.3, -0.25) is 14.5 Å². The molecule has 1 N–H and O–H groups in total. The van der Waals surface area contributed by atoms with Gasteiger partial charge >= 0.3 is 0 Å². The van der Waals surface area contributed by atoms with E-state index in [4.69, 9.17) is 9.15 Å². The zero-order chi connectivity index (χ0) is 20.1. The van der Waals surface area contributed by atoms with Crippen molar-refractivity contribution in [2.75, 3.05) is 5.32 Å². The molecule has 0 aliphatic heterocycles. The Bertz CT molecular complexity index is 1110. The van der Waals surface area contributed by atoms with E-state index < -0.39 is 0 Å². The van der Waals surface area contributed by atoms with Gasteiger partial charge in [0.2, 0.25) is 0 Å². The molecule has 0 fully saturated rings. The monoisotopic (exact) mass is 452 g/mol. The van der Waals surface area contributed by atoms with Crippen LogP contribution in [0, 0.1) is 0 Å². The lowest BCUT2D eigenvalue weighted by atomic mass is 10.3. The summed E-state index contributed by atoms with van der Waals surface area (Å²) in [6.45, 7) is 0.820. The first-order valence-electron chi connectivity index (χ1n) is 8.86. The lowest BCUT2D eigenvalue weighted by molar-refractivity contribution is 0.0992. The number of anilines is 1. The van der Waals surface area contributed by atoms with E-state index in [2.05, 4.69) is 31.3 Å². The van der Waals surface area contributed by atoms with Crippen LogP contribution in [0.15, 0.2) is 82.1 Å². The number of hydrogen-bond donors (Lipinski definition) is 1. The van der Waals surface area contributed by atoms with E-state index in [9.17, 15) is 4.79 Å². The number of amides is 1. The maximum atomic E-state index is 12.4. The average Bonchev–Trinajstić information content (AvgIpc) is 3.37. The number of nitrogens with zero attached hydrogens (tertiary/aromatic N) is 3. The van der Waals surface area contributed by atoms with Gasteiger partial charge in [0.1, 0.15) is 18.1 Å². The molecule has 29 heavy (non-hydrogen) atoms. The molecule has 4 aromatic rings. The lowest BCUT2D eigenvalue weighted by Crippen LogP contribution is -2.12. The first-order valence-corrected chi connectivity index (χ1v) is 9.66. The summed E-state index contributed by atoms with van der Waals surface area (Å²) in [5, 5.41) is 7.09. The van der Waals surface area contributed by atoms with Crippen LogP contribution in [-0.2, 0) is 13.2 Å². The molecular formula is C21H17BrN4O3. The fourth-order valence-electron chi connectivity index (χ4n) is 2.66. The second-order valence-electron chi connectivity index (χ2n) is 6.22. The minimum absolute atomic E-state index is 0.196. The van der Waals surface area contributed by atoms with Gasteiger partial charge in [-0.2, -0.15) is 5.10 Å². The minimum atomic E-state index is -0.368. The van der Waals surface area contributed by atoms with Crippen LogP contribution >= 0.6 is 15.9 Å². The topological polar surface area (TPSA) is 82.2 Å². The molecule has 0 saturated heterocycles. The van der Waals surface area contributed by atoms with E-state index in [0.717, 1.165) is 10.0 Å². The third-order valence-corrected chi connectivity index (χ3v) is 4.53. The summed E-state index contributed by atoms with van der Waals surface area (Å²) in [6.07, 6.45) is 5.27. The number of pyridine rings is 1. The largest absolute Gasteiger partial charge is 0.486 e. The highest BCUT2D eigenvalue weighted by atomic mass is 79.9. The molecule has 3 heterocycles. The Morgan fingerprint density at radius 1 is 1.14 bits per heavy atom.